The molecule has 0 radical (unpaired) electrons. The van der Waals surface area contributed by atoms with E-state index in [1.165, 1.54) is 70.6 Å². The van der Waals surface area contributed by atoms with E-state index in [1.54, 1.807) is 0 Å². The lowest BCUT2D eigenvalue weighted by Gasteiger charge is -2.17. The summed E-state index contributed by atoms with van der Waals surface area (Å²) >= 11 is 0. The molecule has 0 atom stereocenters. The molecule has 0 aliphatic rings. The van der Waals surface area contributed by atoms with Crippen molar-refractivity contribution in [2.75, 3.05) is 5.73 Å². The number of hydrogen-bond donors (Lipinski definition) is 2. The second kappa shape index (κ2) is 18.8. The number of hydrogen-bond acceptors (Lipinski definition) is 3. The maximum atomic E-state index is 12.5. The van der Waals surface area contributed by atoms with Gasteiger partial charge in [-0.1, -0.05) is 139 Å². The van der Waals surface area contributed by atoms with Crippen LogP contribution >= 0.6 is 0 Å². The molecule has 0 amide bonds. The van der Waals surface area contributed by atoms with Crippen LogP contribution in [-0.2, 0) is 23.0 Å². The molecule has 0 unspecified atom stereocenters. The Labute approximate surface area is 238 Å². The summed E-state index contributed by atoms with van der Waals surface area (Å²) in [6.45, 7) is 4.46. The molecule has 3 rings (SSSR count). The molecule has 3 aromatic rings. The van der Waals surface area contributed by atoms with Gasteiger partial charge < -0.3 is 5.73 Å². The SMILES string of the molecule is CCCCCCCCCc1cc2ccccc2c(S(=O)(=O)O)c1CCCCCCCCC.Nc1ccccc1. The minimum Gasteiger partial charge on any atom is -0.399 e. The van der Waals surface area contributed by atoms with E-state index >= 15 is 0 Å². The highest BCUT2D eigenvalue weighted by Gasteiger charge is 2.22. The fraction of sp³-hybridized carbons (Fsp3) is 0.529. The summed E-state index contributed by atoms with van der Waals surface area (Å²) in [5.74, 6) is 0. The zero-order chi connectivity index (χ0) is 28.3. The molecule has 4 nitrogen and oxygen atoms in total. The van der Waals surface area contributed by atoms with E-state index in [0.717, 1.165) is 54.3 Å². The van der Waals surface area contributed by atoms with E-state index in [0.29, 0.717) is 5.39 Å². The maximum Gasteiger partial charge on any atom is 0.295 e. The third kappa shape index (κ3) is 12.6. The summed E-state index contributed by atoms with van der Waals surface area (Å²) < 4.78 is 35.1. The van der Waals surface area contributed by atoms with Gasteiger partial charge >= 0.3 is 0 Å². The number of unbranched alkanes of at least 4 members (excludes halogenated alkanes) is 12. The van der Waals surface area contributed by atoms with Gasteiger partial charge in [-0.05, 0) is 54.3 Å². The molecule has 0 aromatic heterocycles. The van der Waals surface area contributed by atoms with Crippen molar-refractivity contribution in [3.63, 3.8) is 0 Å². The second-order valence-electron chi connectivity index (χ2n) is 10.7. The van der Waals surface area contributed by atoms with E-state index in [9.17, 15) is 13.0 Å². The van der Waals surface area contributed by atoms with Crippen molar-refractivity contribution in [3.05, 3.63) is 71.8 Å². The average molecular weight is 554 g/mol. The van der Waals surface area contributed by atoms with Crippen molar-refractivity contribution in [1.82, 2.24) is 0 Å². The molecule has 0 saturated heterocycles. The molecule has 0 bridgehead atoms. The van der Waals surface area contributed by atoms with Crippen molar-refractivity contribution in [2.45, 2.75) is 121 Å². The van der Waals surface area contributed by atoms with Crippen molar-refractivity contribution in [1.29, 1.82) is 0 Å². The number of para-hydroxylation sites is 1. The summed E-state index contributed by atoms with van der Waals surface area (Å²) in [6.07, 6.45) is 18.6. The van der Waals surface area contributed by atoms with Crippen LogP contribution in [0.4, 0.5) is 5.69 Å². The standard InChI is InChI=1S/C28H44O3S.C6H7N/c1-3-5-7-9-11-13-15-19-24-23-25-20-17-18-22-27(25)28(32(29,30)31)26(24)21-16-14-12-10-8-6-4-2;7-6-4-2-1-3-5-6/h17-18,20,22-23H,3-16,19,21H2,1-2H3,(H,29,30,31);1-5H,7H2. The highest BCUT2D eigenvalue weighted by molar-refractivity contribution is 7.86. The number of nitrogen functional groups attached to an aromatic ring is 1. The largest absolute Gasteiger partial charge is 0.399 e. The lowest BCUT2D eigenvalue weighted by atomic mass is 9.93. The summed E-state index contributed by atoms with van der Waals surface area (Å²) in [7, 11) is -4.28. The fourth-order valence-corrected chi connectivity index (χ4v) is 6.20. The predicted molar refractivity (Wildman–Crippen MR) is 168 cm³/mol. The zero-order valence-electron chi connectivity index (χ0n) is 24.3. The van der Waals surface area contributed by atoms with Crippen LogP contribution in [0.25, 0.3) is 10.8 Å². The van der Waals surface area contributed by atoms with Gasteiger partial charge in [0, 0.05) is 11.1 Å². The smallest absolute Gasteiger partial charge is 0.295 e. The van der Waals surface area contributed by atoms with Crippen LogP contribution in [-0.4, -0.2) is 13.0 Å². The highest BCUT2D eigenvalue weighted by Crippen LogP contribution is 2.32. The monoisotopic (exact) mass is 553 g/mol. The van der Waals surface area contributed by atoms with Gasteiger partial charge in [0.2, 0.25) is 0 Å². The van der Waals surface area contributed by atoms with Gasteiger partial charge in [-0.3, -0.25) is 4.55 Å². The van der Waals surface area contributed by atoms with Crippen LogP contribution in [0.2, 0.25) is 0 Å². The van der Waals surface area contributed by atoms with Crippen molar-refractivity contribution in [3.8, 4) is 0 Å². The van der Waals surface area contributed by atoms with Crippen LogP contribution in [0.15, 0.2) is 65.6 Å². The van der Waals surface area contributed by atoms with Crippen LogP contribution in [0, 0.1) is 0 Å². The Bertz CT molecular complexity index is 1180. The van der Waals surface area contributed by atoms with Crippen LogP contribution in [0.5, 0.6) is 0 Å². The van der Waals surface area contributed by atoms with Gasteiger partial charge in [-0.25, -0.2) is 0 Å². The molecule has 3 N–H and O–H groups in total. The van der Waals surface area contributed by atoms with Gasteiger partial charge in [0.25, 0.3) is 10.1 Å². The minimum atomic E-state index is -4.28. The fourth-order valence-electron chi connectivity index (χ4n) is 5.19. The first-order valence-corrected chi connectivity index (χ1v) is 16.6. The molecular weight excluding hydrogens is 502 g/mol. The minimum absolute atomic E-state index is 0.152. The molecule has 0 saturated carbocycles. The van der Waals surface area contributed by atoms with Gasteiger partial charge in [-0.15, -0.1) is 0 Å². The zero-order valence-corrected chi connectivity index (χ0v) is 25.2. The lowest BCUT2D eigenvalue weighted by Crippen LogP contribution is -2.08. The summed E-state index contributed by atoms with van der Waals surface area (Å²) in [4.78, 5) is 0.152. The Balaban J connectivity index is 0.000000658. The number of fused-ring (bicyclic) bond motifs is 1. The number of nitrogens with two attached hydrogens (primary N) is 1. The normalized spacial score (nSPS) is 11.4. The first-order chi connectivity index (χ1) is 18.9. The van der Waals surface area contributed by atoms with E-state index in [1.807, 2.05) is 54.6 Å². The summed E-state index contributed by atoms with van der Waals surface area (Å²) in [5.41, 5.74) is 8.14. The molecule has 216 valence electrons. The van der Waals surface area contributed by atoms with Crippen molar-refractivity contribution in [2.24, 2.45) is 0 Å². The quantitative estimate of drug-likeness (QED) is 0.0990. The first-order valence-electron chi connectivity index (χ1n) is 15.2. The van der Waals surface area contributed by atoms with E-state index in [2.05, 4.69) is 19.9 Å². The van der Waals surface area contributed by atoms with Gasteiger partial charge in [0.15, 0.2) is 0 Å². The number of benzene rings is 3. The Hall–Kier alpha value is -2.37. The third-order valence-electron chi connectivity index (χ3n) is 7.33. The Morgan fingerprint density at radius 2 is 1.13 bits per heavy atom. The van der Waals surface area contributed by atoms with Gasteiger partial charge in [0.05, 0.1) is 0 Å². The highest BCUT2D eigenvalue weighted by atomic mass is 32.2. The molecule has 0 spiro atoms. The van der Waals surface area contributed by atoms with Crippen LogP contribution in [0.1, 0.15) is 115 Å². The Morgan fingerprint density at radius 1 is 0.641 bits per heavy atom. The predicted octanol–water partition coefficient (Wildman–Crippen LogP) is 9.94. The first kappa shape index (κ1) is 32.8. The van der Waals surface area contributed by atoms with Crippen molar-refractivity contribution >= 4 is 26.6 Å². The molecule has 39 heavy (non-hydrogen) atoms. The van der Waals surface area contributed by atoms with E-state index < -0.39 is 10.1 Å². The van der Waals surface area contributed by atoms with Crippen LogP contribution < -0.4 is 5.73 Å². The molecule has 0 aliphatic heterocycles. The summed E-state index contributed by atoms with van der Waals surface area (Å²) in [5, 5.41) is 1.55. The number of rotatable bonds is 17. The molecule has 0 heterocycles. The van der Waals surface area contributed by atoms with Crippen LogP contribution in [0.3, 0.4) is 0 Å². The average Bonchev–Trinajstić information content (AvgIpc) is 2.92. The second-order valence-corrected chi connectivity index (χ2v) is 12.1. The van der Waals surface area contributed by atoms with E-state index in [-0.39, 0.29) is 4.90 Å². The molecule has 5 heteroatoms. The molecule has 0 aliphatic carbocycles. The maximum absolute atomic E-state index is 12.5. The Kier molecular flexibility index (Phi) is 15.9. The molecular formula is C34H51NO3S. The number of anilines is 1. The van der Waals surface area contributed by atoms with Gasteiger partial charge in [-0.2, -0.15) is 8.42 Å². The number of aryl methyl sites for hydroxylation is 1. The third-order valence-corrected chi connectivity index (χ3v) is 8.32. The topological polar surface area (TPSA) is 80.4 Å². The molecule has 0 fully saturated rings. The Morgan fingerprint density at radius 3 is 1.64 bits per heavy atom. The molecule has 3 aromatic carbocycles. The van der Waals surface area contributed by atoms with E-state index in [4.69, 9.17) is 5.73 Å². The summed E-state index contributed by atoms with van der Waals surface area (Å²) in [6, 6.07) is 19.2. The lowest BCUT2D eigenvalue weighted by molar-refractivity contribution is 0.482. The van der Waals surface area contributed by atoms with Gasteiger partial charge in [0.1, 0.15) is 4.90 Å². The van der Waals surface area contributed by atoms with Crippen molar-refractivity contribution < 1.29 is 13.0 Å².